The maximum absolute atomic E-state index is 12.6. The van der Waals surface area contributed by atoms with Gasteiger partial charge < -0.3 is 9.47 Å². The van der Waals surface area contributed by atoms with Crippen molar-refractivity contribution < 1.29 is 23.9 Å². The van der Waals surface area contributed by atoms with Crippen molar-refractivity contribution in [1.82, 2.24) is 5.06 Å². The van der Waals surface area contributed by atoms with Gasteiger partial charge in [-0.15, -0.1) is 0 Å². The molecule has 4 rings (SSSR count). The third-order valence-corrected chi connectivity index (χ3v) is 5.45. The Morgan fingerprint density at radius 2 is 2.00 bits per heavy atom. The van der Waals surface area contributed by atoms with Gasteiger partial charge in [0.25, 0.3) is 5.79 Å². The number of carbonyl (C=O) groups excluding carboxylic acids is 2. The summed E-state index contributed by atoms with van der Waals surface area (Å²) in [5.74, 6) is -2.21. The van der Waals surface area contributed by atoms with Gasteiger partial charge in [-0.3, -0.25) is 9.59 Å². The summed E-state index contributed by atoms with van der Waals surface area (Å²) in [5.41, 5.74) is 0.0321. The number of hydrogen-bond acceptors (Lipinski definition) is 5. The number of ether oxygens (including phenoxy) is 2. The molecule has 2 fully saturated rings. The summed E-state index contributed by atoms with van der Waals surface area (Å²) in [6.45, 7) is 3.96. The van der Waals surface area contributed by atoms with Crippen LogP contribution < -0.4 is 0 Å². The van der Waals surface area contributed by atoms with E-state index in [1.807, 2.05) is 44.2 Å². The molecule has 2 heterocycles. The second-order valence-corrected chi connectivity index (χ2v) is 6.52. The van der Waals surface area contributed by atoms with Gasteiger partial charge in [0.15, 0.2) is 18.1 Å². The van der Waals surface area contributed by atoms with Gasteiger partial charge in [0, 0.05) is 11.8 Å². The molecule has 1 spiro atoms. The number of allylic oxidation sites excluding steroid dienone is 1. The second kappa shape index (κ2) is 5.24. The topological polar surface area (TPSA) is 65.1 Å². The molecule has 0 aromatic heterocycles. The first-order valence-electron chi connectivity index (χ1n) is 8.05. The number of carbonyl (C=O) groups is 2. The maximum Gasteiger partial charge on any atom is 0.310 e. The number of amides is 1. The molecule has 126 valence electrons. The van der Waals surface area contributed by atoms with Crippen LogP contribution in [0.1, 0.15) is 19.4 Å². The van der Waals surface area contributed by atoms with Gasteiger partial charge in [-0.2, -0.15) is 5.06 Å². The van der Waals surface area contributed by atoms with Crippen LogP contribution in [0.2, 0.25) is 0 Å². The quantitative estimate of drug-likeness (QED) is 0.791. The predicted octanol–water partition coefficient (Wildman–Crippen LogP) is 1.81. The second-order valence-electron chi connectivity index (χ2n) is 6.52. The van der Waals surface area contributed by atoms with Crippen LogP contribution in [0.5, 0.6) is 0 Å². The summed E-state index contributed by atoms with van der Waals surface area (Å²) in [6, 6.07) is 9.60. The Kier molecular flexibility index (Phi) is 3.38. The van der Waals surface area contributed by atoms with Crippen molar-refractivity contribution in [2.75, 3.05) is 6.79 Å². The minimum absolute atomic E-state index is 0.0324. The predicted molar refractivity (Wildman–Crippen MR) is 83.1 cm³/mol. The average molecular weight is 329 g/mol. The first kappa shape index (κ1) is 15.5. The van der Waals surface area contributed by atoms with Gasteiger partial charge >= 0.3 is 5.91 Å². The lowest BCUT2D eigenvalue weighted by atomic mass is 9.62. The zero-order valence-electron chi connectivity index (χ0n) is 13.6. The average Bonchev–Trinajstić information content (AvgIpc) is 2.62. The Morgan fingerprint density at radius 3 is 2.71 bits per heavy atom. The molecule has 2 saturated heterocycles. The molecule has 1 amide bonds. The van der Waals surface area contributed by atoms with E-state index in [4.69, 9.17) is 14.3 Å². The molecule has 1 aromatic rings. The molecule has 24 heavy (non-hydrogen) atoms. The molecule has 0 radical (unpaired) electrons. The summed E-state index contributed by atoms with van der Waals surface area (Å²) in [7, 11) is 0. The molecule has 6 heteroatoms. The number of ketones is 1. The van der Waals surface area contributed by atoms with Crippen LogP contribution in [0, 0.1) is 11.8 Å². The molecule has 4 unspecified atom stereocenters. The van der Waals surface area contributed by atoms with Gasteiger partial charge in [-0.25, -0.2) is 4.84 Å². The Labute approximate surface area is 139 Å². The minimum atomic E-state index is -1.44. The molecule has 3 aliphatic rings. The van der Waals surface area contributed by atoms with Crippen LogP contribution in [0.25, 0.3) is 0 Å². The van der Waals surface area contributed by atoms with Crippen molar-refractivity contribution in [3.63, 3.8) is 0 Å². The van der Waals surface area contributed by atoms with E-state index in [-0.39, 0.29) is 36.9 Å². The fourth-order valence-electron chi connectivity index (χ4n) is 3.84. The molecule has 2 aliphatic heterocycles. The largest absolute Gasteiger partial charge is 0.335 e. The van der Waals surface area contributed by atoms with Gasteiger partial charge in [0.1, 0.15) is 0 Å². The Balaban J connectivity index is 1.70. The van der Waals surface area contributed by atoms with Gasteiger partial charge in [-0.1, -0.05) is 44.2 Å². The van der Waals surface area contributed by atoms with E-state index in [1.54, 1.807) is 6.08 Å². The maximum atomic E-state index is 12.6. The molecule has 6 nitrogen and oxygen atoms in total. The Hall–Kier alpha value is -2.02. The van der Waals surface area contributed by atoms with Crippen LogP contribution in [-0.2, 0) is 30.5 Å². The number of rotatable bonds is 3. The van der Waals surface area contributed by atoms with E-state index >= 15 is 0 Å². The van der Waals surface area contributed by atoms with E-state index in [0.29, 0.717) is 0 Å². The summed E-state index contributed by atoms with van der Waals surface area (Å²) in [6.07, 6.45) is 3.20. The third-order valence-electron chi connectivity index (χ3n) is 5.45. The van der Waals surface area contributed by atoms with Gasteiger partial charge in [0.05, 0.1) is 6.61 Å². The van der Waals surface area contributed by atoms with Crippen molar-refractivity contribution in [1.29, 1.82) is 0 Å². The zero-order valence-corrected chi connectivity index (χ0v) is 13.6. The standard InChI is InChI=1S/C18H19NO5/c1-12-13(2)17(9-8-15(12)20)18(16(21)19(17)24-11-23-18)22-10-14-6-4-3-5-7-14/h3-9,12-13H,10-11H2,1-2H3. The van der Waals surface area contributed by atoms with Crippen LogP contribution >= 0.6 is 0 Å². The highest BCUT2D eigenvalue weighted by atomic mass is 16.9. The highest BCUT2D eigenvalue weighted by molar-refractivity contribution is 5.99. The number of β-lactam (4-membered cyclic amide) rings is 1. The molecule has 2 bridgehead atoms. The van der Waals surface area contributed by atoms with Crippen molar-refractivity contribution in [3.05, 3.63) is 48.0 Å². The minimum Gasteiger partial charge on any atom is -0.335 e. The van der Waals surface area contributed by atoms with Crippen LogP contribution in [-0.4, -0.2) is 34.9 Å². The summed E-state index contributed by atoms with van der Waals surface area (Å²) in [5, 5.41) is 1.31. The van der Waals surface area contributed by atoms with E-state index < -0.39 is 11.3 Å². The Morgan fingerprint density at radius 1 is 1.25 bits per heavy atom. The van der Waals surface area contributed by atoms with Gasteiger partial charge in [-0.05, 0) is 17.7 Å². The smallest absolute Gasteiger partial charge is 0.310 e. The summed E-state index contributed by atoms with van der Waals surface area (Å²) >= 11 is 0. The molecule has 1 aromatic carbocycles. The lowest BCUT2D eigenvalue weighted by Gasteiger charge is -2.66. The van der Waals surface area contributed by atoms with Gasteiger partial charge in [0.2, 0.25) is 0 Å². The number of benzene rings is 1. The monoisotopic (exact) mass is 329 g/mol. The van der Waals surface area contributed by atoms with Crippen LogP contribution in [0.15, 0.2) is 42.5 Å². The first-order chi connectivity index (χ1) is 11.5. The summed E-state index contributed by atoms with van der Waals surface area (Å²) in [4.78, 5) is 30.0. The molecule has 0 N–H and O–H groups in total. The summed E-state index contributed by atoms with van der Waals surface area (Å²) < 4.78 is 11.7. The fourth-order valence-corrected chi connectivity index (χ4v) is 3.84. The lowest BCUT2D eigenvalue weighted by molar-refractivity contribution is -0.469. The third kappa shape index (κ3) is 1.76. The van der Waals surface area contributed by atoms with Crippen molar-refractivity contribution in [2.24, 2.45) is 11.8 Å². The molecular formula is C18H19NO5. The molecule has 1 aliphatic carbocycles. The number of hydroxylamine groups is 2. The van der Waals surface area contributed by atoms with Crippen LogP contribution in [0.3, 0.4) is 0 Å². The molecular weight excluding hydrogens is 310 g/mol. The molecule has 0 saturated carbocycles. The SMILES string of the molecule is CC1C(=O)C=CC2(C1C)N1OCOC2(OCc2ccccc2)C1=O. The number of nitrogens with zero attached hydrogens (tertiary/aromatic N) is 1. The zero-order chi connectivity index (χ0) is 16.9. The Bertz CT molecular complexity index is 717. The highest BCUT2D eigenvalue weighted by Crippen LogP contribution is 2.56. The van der Waals surface area contributed by atoms with E-state index in [2.05, 4.69) is 0 Å². The van der Waals surface area contributed by atoms with Crippen molar-refractivity contribution in [2.45, 2.75) is 31.8 Å². The highest BCUT2D eigenvalue weighted by Gasteiger charge is 2.80. The normalized spacial score (nSPS) is 37.7. The van der Waals surface area contributed by atoms with Crippen molar-refractivity contribution >= 4 is 11.7 Å². The van der Waals surface area contributed by atoms with E-state index in [0.717, 1.165) is 5.56 Å². The number of hydrogen-bond donors (Lipinski definition) is 0. The van der Waals surface area contributed by atoms with Crippen molar-refractivity contribution in [3.8, 4) is 0 Å². The van der Waals surface area contributed by atoms with Crippen LogP contribution in [0.4, 0.5) is 0 Å². The lowest BCUT2D eigenvalue weighted by Crippen LogP contribution is -2.88. The van der Waals surface area contributed by atoms with E-state index in [1.165, 1.54) is 11.1 Å². The fraction of sp³-hybridized carbons (Fsp3) is 0.444. The molecule has 4 atom stereocenters. The van der Waals surface area contributed by atoms with E-state index in [9.17, 15) is 9.59 Å². The first-order valence-corrected chi connectivity index (χ1v) is 8.05.